The molecule has 150 valence electrons. The number of carbonyl (C=O) groups is 2. The minimum Gasteiger partial charge on any atom is -0.497 e. The Morgan fingerprint density at radius 2 is 1.87 bits per heavy atom. The Kier molecular flexibility index (Phi) is 4.39. The van der Waals surface area contributed by atoms with Gasteiger partial charge >= 0.3 is 0 Å². The minimum absolute atomic E-state index is 0.0730. The van der Waals surface area contributed by atoms with Gasteiger partial charge in [0.1, 0.15) is 16.9 Å². The number of carbonyl (C=O) groups excluding carboxylic acids is 2. The van der Waals surface area contributed by atoms with Crippen molar-refractivity contribution in [2.45, 2.75) is 6.42 Å². The predicted molar refractivity (Wildman–Crippen MR) is 116 cm³/mol. The van der Waals surface area contributed by atoms with E-state index in [1.54, 1.807) is 18.1 Å². The van der Waals surface area contributed by atoms with Crippen molar-refractivity contribution in [1.82, 2.24) is 0 Å². The van der Waals surface area contributed by atoms with Crippen molar-refractivity contribution < 1.29 is 18.7 Å². The van der Waals surface area contributed by atoms with Crippen LogP contribution < -0.4 is 15.0 Å². The number of nitrogens with zero attached hydrogens (tertiary/aromatic N) is 1. The number of methoxy groups -OCH3 is 1. The lowest BCUT2D eigenvalue weighted by molar-refractivity contribution is -0.122. The lowest BCUT2D eigenvalue weighted by atomic mass is 10.1. The average Bonchev–Trinajstić information content (AvgIpc) is 3.34. The number of anilines is 2. The number of ether oxygens (including phenoxy) is 1. The molecule has 30 heavy (non-hydrogen) atoms. The molecule has 0 bridgehead atoms. The maximum atomic E-state index is 12.8. The first-order valence-corrected chi connectivity index (χ1v) is 9.79. The summed E-state index contributed by atoms with van der Waals surface area (Å²) in [6, 6.07) is 20.8. The van der Waals surface area contributed by atoms with Gasteiger partial charge in [-0.25, -0.2) is 0 Å². The number of benzene rings is 3. The van der Waals surface area contributed by atoms with E-state index >= 15 is 0 Å². The van der Waals surface area contributed by atoms with E-state index in [-0.39, 0.29) is 18.2 Å². The van der Waals surface area contributed by atoms with Crippen LogP contribution in [0.1, 0.15) is 6.42 Å². The van der Waals surface area contributed by atoms with E-state index in [9.17, 15) is 9.59 Å². The molecule has 1 N–H and O–H groups in total. The fraction of sp³-hybridized carbons (Fsp3) is 0.167. The van der Waals surface area contributed by atoms with E-state index in [1.165, 1.54) is 0 Å². The maximum Gasteiger partial charge on any atom is 0.229 e. The molecule has 1 fully saturated rings. The Balaban J connectivity index is 1.34. The van der Waals surface area contributed by atoms with Crippen LogP contribution in [0.5, 0.6) is 5.75 Å². The fourth-order valence-electron chi connectivity index (χ4n) is 3.96. The van der Waals surface area contributed by atoms with Crippen LogP contribution in [0.15, 0.2) is 71.1 Å². The molecule has 1 aliphatic heterocycles. The average molecular weight is 400 g/mol. The number of fused-ring (bicyclic) bond motifs is 3. The van der Waals surface area contributed by atoms with Gasteiger partial charge in [0, 0.05) is 47.2 Å². The second-order valence-electron chi connectivity index (χ2n) is 7.41. The number of furan rings is 1. The smallest absolute Gasteiger partial charge is 0.229 e. The summed E-state index contributed by atoms with van der Waals surface area (Å²) >= 11 is 0. The third-order valence-corrected chi connectivity index (χ3v) is 5.51. The van der Waals surface area contributed by atoms with Crippen molar-refractivity contribution in [3.63, 3.8) is 0 Å². The molecule has 1 atom stereocenters. The first-order chi connectivity index (χ1) is 14.6. The quantitative estimate of drug-likeness (QED) is 0.544. The zero-order valence-corrected chi connectivity index (χ0v) is 16.4. The topological polar surface area (TPSA) is 71.8 Å². The van der Waals surface area contributed by atoms with Crippen LogP contribution in [0.4, 0.5) is 11.4 Å². The highest BCUT2D eigenvalue weighted by atomic mass is 16.5. The van der Waals surface area contributed by atoms with Gasteiger partial charge in [0.15, 0.2) is 0 Å². The Bertz CT molecular complexity index is 1280. The molecule has 0 spiro atoms. The molecule has 0 aliphatic carbocycles. The SMILES string of the molecule is COc1cccc(N2C[C@H](C(=O)Nc3ccc4c(c3)oc3ccccc34)CC2=O)c1. The van der Waals surface area contributed by atoms with Gasteiger partial charge in [-0.1, -0.05) is 24.3 Å². The molecule has 4 aromatic rings. The molecule has 2 amide bonds. The second kappa shape index (κ2) is 7.22. The number of amides is 2. The molecule has 0 unspecified atom stereocenters. The molecule has 2 heterocycles. The van der Waals surface area contributed by atoms with Gasteiger partial charge in [-0.3, -0.25) is 9.59 Å². The Hall–Kier alpha value is -3.80. The second-order valence-corrected chi connectivity index (χ2v) is 7.41. The molecule has 1 saturated heterocycles. The molecule has 3 aromatic carbocycles. The monoisotopic (exact) mass is 400 g/mol. The molecule has 6 nitrogen and oxygen atoms in total. The molecular weight excluding hydrogens is 380 g/mol. The molecule has 6 heteroatoms. The van der Waals surface area contributed by atoms with Crippen LogP contribution in [0.2, 0.25) is 0 Å². The first kappa shape index (κ1) is 18.2. The van der Waals surface area contributed by atoms with Crippen LogP contribution in [0.25, 0.3) is 21.9 Å². The highest BCUT2D eigenvalue weighted by Crippen LogP contribution is 2.31. The zero-order valence-electron chi connectivity index (χ0n) is 16.4. The third-order valence-electron chi connectivity index (χ3n) is 5.51. The number of hydrogen-bond donors (Lipinski definition) is 1. The van der Waals surface area contributed by atoms with Gasteiger partial charge in [-0.2, -0.15) is 0 Å². The number of rotatable bonds is 4. The highest BCUT2D eigenvalue weighted by Gasteiger charge is 2.35. The fourth-order valence-corrected chi connectivity index (χ4v) is 3.96. The highest BCUT2D eigenvalue weighted by molar-refractivity contribution is 6.07. The largest absolute Gasteiger partial charge is 0.497 e. The standard InChI is InChI=1S/C24H20N2O4/c1-29-18-6-4-5-17(13-18)26-14-15(11-23(26)27)24(28)25-16-9-10-20-19-7-2-3-8-21(19)30-22(20)12-16/h2-10,12-13,15H,11,14H2,1H3,(H,25,28)/t15-/m1/s1. The Morgan fingerprint density at radius 3 is 2.73 bits per heavy atom. The van der Waals surface area contributed by atoms with E-state index in [0.717, 1.165) is 27.6 Å². The van der Waals surface area contributed by atoms with Crippen molar-refractivity contribution in [2.24, 2.45) is 5.92 Å². The summed E-state index contributed by atoms with van der Waals surface area (Å²) in [5.41, 5.74) is 2.91. The summed E-state index contributed by atoms with van der Waals surface area (Å²) in [6.07, 6.45) is 0.177. The maximum absolute atomic E-state index is 12.8. The van der Waals surface area contributed by atoms with E-state index < -0.39 is 5.92 Å². The van der Waals surface area contributed by atoms with Gasteiger partial charge in [0.2, 0.25) is 11.8 Å². The van der Waals surface area contributed by atoms with Gasteiger partial charge in [0.05, 0.1) is 13.0 Å². The van der Waals surface area contributed by atoms with Crippen molar-refractivity contribution >= 4 is 45.1 Å². The number of nitrogens with one attached hydrogen (secondary N) is 1. The summed E-state index contributed by atoms with van der Waals surface area (Å²) in [5.74, 6) is 0.00255. The van der Waals surface area contributed by atoms with E-state index in [2.05, 4.69) is 5.32 Å². The first-order valence-electron chi connectivity index (χ1n) is 9.79. The lowest BCUT2D eigenvalue weighted by Crippen LogP contribution is -2.28. The van der Waals surface area contributed by atoms with Gasteiger partial charge in [0.25, 0.3) is 0 Å². The van der Waals surface area contributed by atoms with Crippen LogP contribution in [0.3, 0.4) is 0 Å². The van der Waals surface area contributed by atoms with E-state index in [4.69, 9.17) is 9.15 Å². The number of hydrogen-bond acceptors (Lipinski definition) is 4. The van der Waals surface area contributed by atoms with Crippen LogP contribution in [-0.2, 0) is 9.59 Å². The van der Waals surface area contributed by atoms with E-state index in [0.29, 0.717) is 18.0 Å². The van der Waals surface area contributed by atoms with Crippen LogP contribution in [0, 0.1) is 5.92 Å². The third kappa shape index (κ3) is 3.16. The van der Waals surface area contributed by atoms with Crippen LogP contribution >= 0.6 is 0 Å². The van der Waals surface area contributed by atoms with Crippen LogP contribution in [-0.4, -0.2) is 25.5 Å². The lowest BCUT2D eigenvalue weighted by Gasteiger charge is -2.17. The van der Waals surface area contributed by atoms with Crippen molar-refractivity contribution in [1.29, 1.82) is 0 Å². The normalized spacial score (nSPS) is 16.4. The van der Waals surface area contributed by atoms with Crippen molar-refractivity contribution in [3.05, 3.63) is 66.7 Å². The summed E-state index contributed by atoms with van der Waals surface area (Å²) < 4.78 is 11.1. The van der Waals surface area contributed by atoms with E-state index in [1.807, 2.05) is 60.7 Å². The molecule has 0 radical (unpaired) electrons. The van der Waals surface area contributed by atoms with Gasteiger partial charge in [-0.15, -0.1) is 0 Å². The molecule has 0 saturated carbocycles. The minimum atomic E-state index is -0.421. The molecular formula is C24H20N2O4. The Labute approximate surface area is 173 Å². The number of para-hydroxylation sites is 1. The summed E-state index contributed by atoms with van der Waals surface area (Å²) in [7, 11) is 1.58. The Morgan fingerprint density at radius 1 is 1.03 bits per heavy atom. The predicted octanol–water partition coefficient (Wildman–Crippen LogP) is 4.59. The van der Waals surface area contributed by atoms with Crippen molar-refractivity contribution in [2.75, 3.05) is 23.9 Å². The molecule has 5 rings (SSSR count). The van der Waals surface area contributed by atoms with Gasteiger partial charge < -0.3 is 19.4 Å². The summed E-state index contributed by atoms with van der Waals surface area (Å²) in [5, 5.41) is 4.98. The summed E-state index contributed by atoms with van der Waals surface area (Å²) in [4.78, 5) is 27.0. The molecule has 1 aromatic heterocycles. The zero-order chi connectivity index (χ0) is 20.7. The van der Waals surface area contributed by atoms with Crippen molar-refractivity contribution in [3.8, 4) is 5.75 Å². The van der Waals surface area contributed by atoms with Gasteiger partial charge in [-0.05, 0) is 30.3 Å². The summed E-state index contributed by atoms with van der Waals surface area (Å²) in [6.45, 7) is 0.338. The molecule has 1 aliphatic rings.